The Kier molecular flexibility index (Phi) is 2.38. The molecule has 2 bridgehead atoms. The van der Waals surface area contributed by atoms with Gasteiger partial charge in [0.05, 0.1) is 5.92 Å². The minimum atomic E-state index is -0.718. The molecule has 0 aromatic carbocycles. The maximum absolute atomic E-state index is 12.1. The van der Waals surface area contributed by atoms with Gasteiger partial charge in [-0.25, -0.2) is 0 Å². The third kappa shape index (κ3) is 1.56. The summed E-state index contributed by atoms with van der Waals surface area (Å²) in [6.07, 6.45) is 0.742. The minimum absolute atomic E-state index is 0.0899. The first-order chi connectivity index (χ1) is 7.26. The molecule has 2 heterocycles. The van der Waals surface area contributed by atoms with E-state index in [0.29, 0.717) is 5.92 Å². The van der Waals surface area contributed by atoms with Crippen molar-refractivity contribution in [1.29, 1.82) is 0 Å². The second-order valence-electron chi connectivity index (χ2n) is 5.91. The van der Waals surface area contributed by atoms with Crippen molar-refractivity contribution in [2.45, 2.75) is 45.3 Å². The number of hydrogen-bond donors (Lipinski definition) is 1. The maximum Gasteiger partial charge on any atom is 0.327 e. The van der Waals surface area contributed by atoms with Gasteiger partial charge in [-0.15, -0.1) is 0 Å². The standard InChI is InChI=1S/C12H19NO3/c1-7(14)9-8-5-12(9,13-6-8)10(15)16-11(2,3)4/h8-9,13H,5-6H2,1-4H3. The quantitative estimate of drug-likeness (QED) is 0.709. The number of ketones is 1. The lowest BCUT2D eigenvalue weighted by atomic mass is 9.61. The third-order valence-electron chi connectivity index (χ3n) is 3.47. The molecule has 1 saturated carbocycles. The molecule has 0 spiro atoms. The van der Waals surface area contributed by atoms with E-state index in [4.69, 9.17) is 4.74 Å². The van der Waals surface area contributed by atoms with Gasteiger partial charge in [-0.05, 0) is 46.6 Å². The van der Waals surface area contributed by atoms with Crippen molar-refractivity contribution in [3.05, 3.63) is 0 Å². The topological polar surface area (TPSA) is 55.4 Å². The number of Topliss-reactive ketones (excluding diaryl/α,β-unsaturated/α-hetero) is 1. The van der Waals surface area contributed by atoms with E-state index in [-0.39, 0.29) is 17.7 Å². The van der Waals surface area contributed by atoms with Crippen LogP contribution < -0.4 is 5.32 Å². The van der Waals surface area contributed by atoms with Crippen molar-refractivity contribution in [2.75, 3.05) is 6.54 Å². The van der Waals surface area contributed by atoms with Crippen LogP contribution in [-0.2, 0) is 14.3 Å². The second-order valence-corrected chi connectivity index (χ2v) is 5.91. The van der Waals surface area contributed by atoms with E-state index in [2.05, 4.69) is 5.32 Å². The first-order valence-corrected chi connectivity index (χ1v) is 5.75. The fraction of sp³-hybridized carbons (Fsp3) is 0.833. The molecule has 3 unspecified atom stereocenters. The molecule has 0 aromatic rings. The summed E-state index contributed by atoms with van der Waals surface area (Å²) in [5.41, 5.74) is -1.22. The average molecular weight is 225 g/mol. The molecule has 4 nitrogen and oxygen atoms in total. The van der Waals surface area contributed by atoms with E-state index in [0.717, 1.165) is 13.0 Å². The molecular formula is C12H19NO3. The lowest BCUT2D eigenvalue weighted by Gasteiger charge is -2.43. The van der Waals surface area contributed by atoms with Gasteiger partial charge in [0, 0.05) is 0 Å². The molecule has 0 radical (unpaired) electrons. The summed E-state index contributed by atoms with van der Waals surface area (Å²) < 4.78 is 5.39. The number of rotatable bonds is 2. The summed E-state index contributed by atoms with van der Waals surface area (Å²) in [4.78, 5) is 23.6. The fourth-order valence-corrected chi connectivity index (χ4v) is 2.92. The van der Waals surface area contributed by atoms with Crippen LogP contribution in [0.3, 0.4) is 0 Å². The third-order valence-corrected chi connectivity index (χ3v) is 3.47. The van der Waals surface area contributed by atoms with Crippen LogP contribution in [0.5, 0.6) is 0 Å². The largest absolute Gasteiger partial charge is 0.459 e. The van der Waals surface area contributed by atoms with Gasteiger partial charge >= 0.3 is 5.97 Å². The summed E-state index contributed by atoms with van der Waals surface area (Å²) in [5, 5.41) is 3.17. The van der Waals surface area contributed by atoms with Crippen LogP contribution in [0.4, 0.5) is 0 Å². The van der Waals surface area contributed by atoms with Crippen LogP contribution >= 0.6 is 0 Å². The minimum Gasteiger partial charge on any atom is -0.459 e. The van der Waals surface area contributed by atoms with E-state index in [9.17, 15) is 9.59 Å². The van der Waals surface area contributed by atoms with E-state index < -0.39 is 11.1 Å². The highest BCUT2D eigenvalue weighted by molar-refractivity contribution is 5.94. The van der Waals surface area contributed by atoms with Crippen molar-refractivity contribution in [2.24, 2.45) is 11.8 Å². The SMILES string of the molecule is CC(=O)C1C2CNC1(C(=O)OC(C)(C)C)C2. The molecule has 90 valence electrons. The van der Waals surface area contributed by atoms with E-state index in [1.54, 1.807) is 6.92 Å². The van der Waals surface area contributed by atoms with Gasteiger partial charge in [0.25, 0.3) is 0 Å². The molecule has 3 atom stereocenters. The van der Waals surface area contributed by atoms with Gasteiger partial charge in [0.15, 0.2) is 0 Å². The van der Waals surface area contributed by atoms with Gasteiger partial charge < -0.3 is 10.1 Å². The zero-order chi connectivity index (χ0) is 12.1. The van der Waals surface area contributed by atoms with Crippen molar-refractivity contribution in [1.82, 2.24) is 5.32 Å². The normalized spacial score (nSPS) is 36.8. The first kappa shape index (κ1) is 11.6. The predicted octanol–water partition coefficient (Wildman–Crippen LogP) is 0.895. The van der Waals surface area contributed by atoms with E-state index in [1.165, 1.54) is 0 Å². The Balaban J connectivity index is 2.14. The van der Waals surface area contributed by atoms with Crippen LogP contribution in [0, 0.1) is 11.8 Å². The Morgan fingerprint density at radius 2 is 2.00 bits per heavy atom. The van der Waals surface area contributed by atoms with Gasteiger partial charge in [-0.2, -0.15) is 0 Å². The van der Waals surface area contributed by atoms with E-state index >= 15 is 0 Å². The van der Waals surface area contributed by atoms with E-state index in [1.807, 2.05) is 20.8 Å². The van der Waals surface area contributed by atoms with Gasteiger partial charge in [-0.1, -0.05) is 0 Å². The fourth-order valence-electron chi connectivity index (χ4n) is 2.92. The molecule has 3 fully saturated rings. The number of nitrogens with one attached hydrogen (secondary N) is 1. The molecule has 1 aliphatic carbocycles. The highest BCUT2D eigenvalue weighted by Crippen LogP contribution is 2.50. The Hall–Kier alpha value is -0.900. The maximum atomic E-state index is 12.1. The zero-order valence-electron chi connectivity index (χ0n) is 10.3. The number of carbonyl (C=O) groups is 2. The summed E-state index contributed by atoms with van der Waals surface area (Å²) in [6, 6.07) is 0. The van der Waals surface area contributed by atoms with Crippen LogP contribution in [0.25, 0.3) is 0 Å². The molecule has 3 aliphatic rings. The van der Waals surface area contributed by atoms with Crippen molar-refractivity contribution >= 4 is 11.8 Å². The first-order valence-electron chi connectivity index (χ1n) is 5.75. The number of hydrogen-bond acceptors (Lipinski definition) is 4. The highest BCUT2D eigenvalue weighted by Gasteiger charge is 2.66. The predicted molar refractivity (Wildman–Crippen MR) is 58.9 cm³/mol. The van der Waals surface area contributed by atoms with Crippen LogP contribution in [0.2, 0.25) is 0 Å². The monoisotopic (exact) mass is 225 g/mol. The molecule has 2 saturated heterocycles. The Bertz CT molecular complexity index is 341. The number of carbonyl (C=O) groups excluding carboxylic acids is 2. The average Bonchev–Trinajstić information content (AvgIpc) is 2.54. The van der Waals surface area contributed by atoms with Gasteiger partial charge in [-0.3, -0.25) is 9.59 Å². The number of fused-ring (bicyclic) bond motifs is 1. The molecular weight excluding hydrogens is 206 g/mol. The molecule has 0 aromatic heterocycles. The van der Waals surface area contributed by atoms with Crippen molar-refractivity contribution < 1.29 is 14.3 Å². The summed E-state index contributed by atoms with van der Waals surface area (Å²) in [5.74, 6) is -0.0339. The number of esters is 1. The van der Waals surface area contributed by atoms with Gasteiger partial charge in [0.2, 0.25) is 0 Å². The van der Waals surface area contributed by atoms with Crippen molar-refractivity contribution in [3.63, 3.8) is 0 Å². The molecule has 2 aliphatic heterocycles. The van der Waals surface area contributed by atoms with Crippen LogP contribution in [0.15, 0.2) is 0 Å². The lowest BCUT2D eigenvalue weighted by Crippen LogP contribution is -2.62. The smallest absolute Gasteiger partial charge is 0.327 e. The molecule has 16 heavy (non-hydrogen) atoms. The molecule has 4 heteroatoms. The van der Waals surface area contributed by atoms with Crippen LogP contribution in [-0.4, -0.2) is 29.4 Å². The Morgan fingerprint density at radius 3 is 2.44 bits per heavy atom. The van der Waals surface area contributed by atoms with Crippen LogP contribution in [0.1, 0.15) is 34.1 Å². The highest BCUT2D eigenvalue weighted by atomic mass is 16.6. The molecule has 1 N–H and O–H groups in total. The summed E-state index contributed by atoms with van der Waals surface area (Å²) in [6.45, 7) is 7.84. The summed E-state index contributed by atoms with van der Waals surface area (Å²) in [7, 11) is 0. The van der Waals surface area contributed by atoms with Crippen molar-refractivity contribution in [3.8, 4) is 0 Å². The lowest BCUT2D eigenvalue weighted by molar-refractivity contribution is -0.172. The van der Waals surface area contributed by atoms with Gasteiger partial charge in [0.1, 0.15) is 16.9 Å². The molecule has 3 rings (SSSR count). The molecule has 0 amide bonds. The second kappa shape index (κ2) is 3.29. The Morgan fingerprint density at radius 1 is 1.38 bits per heavy atom. The zero-order valence-corrected chi connectivity index (χ0v) is 10.3. The Labute approximate surface area is 95.7 Å². The number of ether oxygens (including phenoxy) is 1. The summed E-state index contributed by atoms with van der Waals surface area (Å²) >= 11 is 0.